The van der Waals surface area contributed by atoms with Crippen molar-refractivity contribution in [2.75, 3.05) is 24.4 Å². The lowest BCUT2D eigenvalue weighted by Crippen LogP contribution is -2.37. The van der Waals surface area contributed by atoms with Crippen molar-refractivity contribution in [2.45, 2.75) is 19.0 Å². The van der Waals surface area contributed by atoms with Gasteiger partial charge in [-0.2, -0.15) is 0 Å². The molecule has 3 aromatic rings. The van der Waals surface area contributed by atoms with Crippen molar-refractivity contribution >= 4 is 40.5 Å². The molecule has 0 unspecified atom stereocenters. The number of hydrogen-bond donors (Lipinski definition) is 1. The summed E-state index contributed by atoms with van der Waals surface area (Å²) in [5, 5.41) is 2.52. The zero-order chi connectivity index (χ0) is 27.6. The molecule has 1 fully saturated rings. The molecule has 0 bridgehead atoms. The number of methoxy groups -OCH3 is 2. The first kappa shape index (κ1) is 26.9. The SMILES string of the molecule is COc1ccc(NC(=O)C[C@@H]2C(=O)N(c3ccc(OC)cc3)C(=S)N2Cc2cc(F)c(F)c(F)c2F)cc1. The summed E-state index contributed by atoms with van der Waals surface area (Å²) in [5.74, 6) is -7.28. The molecule has 12 heteroatoms. The molecule has 1 aliphatic rings. The molecule has 1 N–H and O–H groups in total. The molecule has 7 nitrogen and oxygen atoms in total. The smallest absolute Gasteiger partial charge is 0.256 e. The lowest BCUT2D eigenvalue weighted by molar-refractivity contribution is -0.124. The molecule has 0 aromatic heterocycles. The average Bonchev–Trinajstić information content (AvgIpc) is 3.14. The summed E-state index contributed by atoms with van der Waals surface area (Å²) in [7, 11) is 2.96. The number of carbonyl (C=O) groups excluding carboxylic acids is 2. The Hall–Kier alpha value is -4.19. The van der Waals surface area contributed by atoms with Crippen LogP contribution in [0.5, 0.6) is 11.5 Å². The van der Waals surface area contributed by atoms with Gasteiger partial charge in [-0.05, 0) is 66.8 Å². The van der Waals surface area contributed by atoms with Crippen LogP contribution in [0.4, 0.5) is 28.9 Å². The molecule has 1 heterocycles. The summed E-state index contributed by atoms with van der Waals surface area (Å²) in [6.07, 6.45) is -0.425. The molecule has 2 amide bonds. The maximum Gasteiger partial charge on any atom is 0.256 e. The number of carbonyl (C=O) groups is 2. The highest BCUT2D eigenvalue weighted by Crippen LogP contribution is 2.31. The van der Waals surface area contributed by atoms with Crippen molar-refractivity contribution in [3.63, 3.8) is 0 Å². The Morgan fingerprint density at radius 3 is 2.08 bits per heavy atom. The van der Waals surface area contributed by atoms with Gasteiger partial charge in [0.05, 0.1) is 26.3 Å². The van der Waals surface area contributed by atoms with E-state index in [1.807, 2.05) is 0 Å². The van der Waals surface area contributed by atoms with E-state index >= 15 is 0 Å². The van der Waals surface area contributed by atoms with Gasteiger partial charge in [0.25, 0.3) is 5.91 Å². The van der Waals surface area contributed by atoms with E-state index in [-0.39, 0.29) is 5.11 Å². The van der Waals surface area contributed by atoms with Crippen LogP contribution in [0.2, 0.25) is 0 Å². The molecule has 0 saturated carbocycles. The third-order valence-corrected chi connectivity index (χ3v) is 6.34. The van der Waals surface area contributed by atoms with Crippen molar-refractivity contribution in [2.24, 2.45) is 0 Å². The average molecular weight is 548 g/mol. The maximum atomic E-state index is 14.5. The van der Waals surface area contributed by atoms with E-state index in [0.29, 0.717) is 28.9 Å². The first-order valence-corrected chi connectivity index (χ1v) is 11.6. The van der Waals surface area contributed by atoms with Gasteiger partial charge in [0.15, 0.2) is 28.4 Å². The van der Waals surface area contributed by atoms with Crippen LogP contribution in [0.15, 0.2) is 54.6 Å². The zero-order valence-corrected chi connectivity index (χ0v) is 21.0. The summed E-state index contributed by atoms with van der Waals surface area (Å²) in [6.45, 7) is -0.600. The van der Waals surface area contributed by atoms with Gasteiger partial charge in [-0.1, -0.05) is 0 Å². The predicted octanol–water partition coefficient (Wildman–Crippen LogP) is 4.79. The highest BCUT2D eigenvalue weighted by molar-refractivity contribution is 7.80. The lowest BCUT2D eigenvalue weighted by atomic mass is 10.1. The molecule has 198 valence electrons. The van der Waals surface area contributed by atoms with E-state index in [9.17, 15) is 27.2 Å². The van der Waals surface area contributed by atoms with Crippen molar-refractivity contribution in [3.05, 3.63) is 83.4 Å². The normalized spacial score (nSPS) is 15.2. The second kappa shape index (κ2) is 11.1. The number of anilines is 2. The maximum absolute atomic E-state index is 14.5. The van der Waals surface area contributed by atoms with Crippen LogP contribution in [0.1, 0.15) is 12.0 Å². The summed E-state index contributed by atoms with van der Waals surface area (Å²) in [6, 6.07) is 12.0. The predicted molar refractivity (Wildman–Crippen MR) is 135 cm³/mol. The third kappa shape index (κ3) is 5.25. The number of halogens is 4. The number of benzene rings is 3. The van der Waals surface area contributed by atoms with Gasteiger partial charge in [-0.25, -0.2) is 17.6 Å². The molecule has 1 aliphatic heterocycles. The first-order valence-electron chi connectivity index (χ1n) is 11.2. The van der Waals surface area contributed by atoms with Crippen LogP contribution in [-0.2, 0) is 16.1 Å². The van der Waals surface area contributed by atoms with Crippen LogP contribution in [0.25, 0.3) is 0 Å². The molecule has 1 atom stereocenters. The number of nitrogens with zero attached hydrogens (tertiary/aromatic N) is 2. The number of nitrogens with one attached hydrogen (secondary N) is 1. The van der Waals surface area contributed by atoms with E-state index in [4.69, 9.17) is 21.7 Å². The zero-order valence-electron chi connectivity index (χ0n) is 20.1. The van der Waals surface area contributed by atoms with Gasteiger partial charge in [-0.15, -0.1) is 0 Å². The molecule has 1 saturated heterocycles. The molecule has 0 spiro atoms. The van der Waals surface area contributed by atoms with Gasteiger partial charge < -0.3 is 19.7 Å². The fraction of sp³-hybridized carbons (Fsp3) is 0.192. The van der Waals surface area contributed by atoms with Gasteiger partial charge in [0, 0.05) is 17.8 Å². The summed E-state index contributed by atoms with van der Waals surface area (Å²) >= 11 is 5.47. The Morgan fingerprint density at radius 1 is 0.921 bits per heavy atom. The van der Waals surface area contributed by atoms with E-state index in [2.05, 4.69) is 5.32 Å². The number of thiocarbonyl (C=S) groups is 1. The second-order valence-corrected chi connectivity index (χ2v) is 8.60. The molecule has 4 rings (SSSR count). The van der Waals surface area contributed by atoms with Crippen molar-refractivity contribution < 1.29 is 36.6 Å². The summed E-state index contributed by atoms with van der Waals surface area (Å²) in [5.41, 5.74) is 0.186. The molecular formula is C26H21F4N3O4S. The van der Waals surface area contributed by atoms with Crippen molar-refractivity contribution in [3.8, 4) is 11.5 Å². The van der Waals surface area contributed by atoms with Crippen LogP contribution in [0.3, 0.4) is 0 Å². The third-order valence-electron chi connectivity index (χ3n) is 5.92. The van der Waals surface area contributed by atoms with Crippen LogP contribution < -0.4 is 19.7 Å². The number of amides is 2. The Bertz CT molecular complexity index is 1390. The largest absolute Gasteiger partial charge is 0.497 e. The molecule has 38 heavy (non-hydrogen) atoms. The van der Waals surface area contributed by atoms with E-state index < -0.39 is 59.7 Å². The van der Waals surface area contributed by atoms with Gasteiger partial charge in [-0.3, -0.25) is 14.5 Å². The second-order valence-electron chi connectivity index (χ2n) is 8.24. The summed E-state index contributed by atoms with van der Waals surface area (Å²) < 4.78 is 66.0. The topological polar surface area (TPSA) is 71.1 Å². The first-order chi connectivity index (χ1) is 18.1. The Morgan fingerprint density at radius 2 is 1.50 bits per heavy atom. The van der Waals surface area contributed by atoms with Crippen molar-refractivity contribution in [1.82, 2.24) is 4.90 Å². The highest BCUT2D eigenvalue weighted by Gasteiger charge is 2.44. The van der Waals surface area contributed by atoms with Crippen molar-refractivity contribution in [1.29, 1.82) is 0 Å². The minimum Gasteiger partial charge on any atom is -0.497 e. The Labute approximate surface area is 220 Å². The fourth-order valence-corrected chi connectivity index (χ4v) is 4.35. The Kier molecular flexibility index (Phi) is 7.81. The fourth-order valence-electron chi connectivity index (χ4n) is 3.97. The van der Waals surface area contributed by atoms with Crippen LogP contribution >= 0.6 is 12.2 Å². The quantitative estimate of drug-likeness (QED) is 0.189. The molecular weight excluding hydrogens is 526 g/mol. The number of ether oxygens (including phenoxy) is 2. The van der Waals surface area contributed by atoms with E-state index in [0.717, 1.165) is 4.90 Å². The minimum absolute atomic E-state index is 0.132. The number of hydrogen-bond acceptors (Lipinski definition) is 5. The minimum atomic E-state index is -1.99. The monoisotopic (exact) mass is 547 g/mol. The molecule has 3 aromatic carbocycles. The summed E-state index contributed by atoms with van der Waals surface area (Å²) in [4.78, 5) is 28.7. The number of rotatable bonds is 8. The van der Waals surface area contributed by atoms with E-state index in [1.54, 1.807) is 48.5 Å². The highest BCUT2D eigenvalue weighted by atomic mass is 32.1. The Balaban J connectivity index is 1.65. The van der Waals surface area contributed by atoms with E-state index in [1.165, 1.54) is 19.1 Å². The van der Waals surface area contributed by atoms with Gasteiger partial charge in [0.1, 0.15) is 17.5 Å². The molecule has 0 aliphatic carbocycles. The van der Waals surface area contributed by atoms with Crippen LogP contribution in [0, 0.1) is 23.3 Å². The van der Waals surface area contributed by atoms with Crippen LogP contribution in [-0.4, -0.2) is 42.1 Å². The van der Waals surface area contributed by atoms with Gasteiger partial charge in [0.2, 0.25) is 5.91 Å². The molecule has 0 radical (unpaired) electrons. The lowest BCUT2D eigenvalue weighted by Gasteiger charge is -2.24. The standard InChI is InChI=1S/C26H21F4N3O4S/c1-36-17-7-3-15(4-8-17)31-21(34)12-20-25(35)33(16-5-9-18(37-2)10-6-16)26(38)32(20)13-14-11-19(27)23(29)24(30)22(14)28/h3-11,20H,12-13H2,1-2H3,(H,31,34)/t20-/m1/s1. The van der Waals surface area contributed by atoms with Gasteiger partial charge >= 0.3 is 0 Å².